The van der Waals surface area contributed by atoms with Crippen LogP contribution in [-0.2, 0) is 6.18 Å². The van der Waals surface area contributed by atoms with Crippen LogP contribution in [0.2, 0.25) is 0 Å². The van der Waals surface area contributed by atoms with Crippen LogP contribution in [0.3, 0.4) is 0 Å². The van der Waals surface area contributed by atoms with E-state index in [0.29, 0.717) is 22.2 Å². The number of alkyl halides is 3. The molecule has 0 spiro atoms. The molecule has 0 radical (unpaired) electrons. The number of carboxylic acids is 1. The van der Waals surface area contributed by atoms with Crippen LogP contribution >= 0.6 is 0 Å². The fraction of sp³-hybridized carbons (Fsp3) is 0.133. The predicted molar refractivity (Wildman–Crippen MR) is 76.0 cm³/mol. The van der Waals surface area contributed by atoms with Crippen LogP contribution in [0, 0.1) is 6.92 Å². The third-order valence-corrected chi connectivity index (χ3v) is 3.48. The summed E-state index contributed by atoms with van der Waals surface area (Å²) in [6.45, 7) is 1.55. The predicted octanol–water partition coefficient (Wildman–Crippen LogP) is 3.65. The molecule has 118 valence electrons. The van der Waals surface area contributed by atoms with Gasteiger partial charge in [-0.2, -0.15) is 18.3 Å². The van der Waals surface area contributed by atoms with Crippen molar-refractivity contribution in [2.45, 2.75) is 13.1 Å². The number of carboxylic acid groups (broad SMARTS) is 1. The monoisotopic (exact) mass is 321 g/mol. The number of benzene rings is 1. The second-order valence-corrected chi connectivity index (χ2v) is 4.99. The summed E-state index contributed by atoms with van der Waals surface area (Å²) in [6.07, 6.45) is -3.08. The van der Waals surface area contributed by atoms with E-state index in [4.69, 9.17) is 5.11 Å². The standard InChI is InChI=1S/C15H10F3N3O2/c1-7-9(2-3-12(20-7)14(22)23)10-4-8(15(16,17)18)5-13-11(10)6-19-21-13/h2-6H,1H3,(H,19,21)(H,22,23). The maximum Gasteiger partial charge on any atom is 0.416 e. The molecule has 8 heteroatoms. The van der Waals surface area contributed by atoms with E-state index in [9.17, 15) is 18.0 Å². The first-order valence-corrected chi connectivity index (χ1v) is 6.53. The van der Waals surface area contributed by atoms with Crippen molar-refractivity contribution in [2.24, 2.45) is 0 Å². The van der Waals surface area contributed by atoms with Crippen LogP contribution in [0.25, 0.3) is 22.0 Å². The van der Waals surface area contributed by atoms with Gasteiger partial charge in [0.25, 0.3) is 0 Å². The third kappa shape index (κ3) is 2.63. The molecule has 0 fully saturated rings. The third-order valence-electron chi connectivity index (χ3n) is 3.48. The fourth-order valence-corrected chi connectivity index (χ4v) is 2.40. The minimum atomic E-state index is -4.50. The maximum absolute atomic E-state index is 13.1. The van der Waals surface area contributed by atoms with Crippen LogP contribution in [-0.4, -0.2) is 26.3 Å². The topological polar surface area (TPSA) is 78.9 Å². The number of fused-ring (bicyclic) bond motifs is 1. The molecular weight excluding hydrogens is 311 g/mol. The number of pyridine rings is 1. The minimum absolute atomic E-state index is 0.165. The Labute approximate surface area is 127 Å². The van der Waals surface area contributed by atoms with Crippen LogP contribution < -0.4 is 0 Å². The number of nitrogens with zero attached hydrogens (tertiary/aromatic N) is 2. The fourth-order valence-electron chi connectivity index (χ4n) is 2.40. The zero-order valence-corrected chi connectivity index (χ0v) is 11.8. The first-order chi connectivity index (χ1) is 10.8. The first-order valence-electron chi connectivity index (χ1n) is 6.53. The van der Waals surface area contributed by atoms with Crippen LogP contribution in [0.5, 0.6) is 0 Å². The van der Waals surface area contributed by atoms with Crippen LogP contribution in [0.15, 0.2) is 30.5 Å². The smallest absolute Gasteiger partial charge is 0.416 e. The molecule has 0 aliphatic rings. The number of aromatic carboxylic acids is 1. The summed E-state index contributed by atoms with van der Waals surface area (Å²) in [4.78, 5) is 14.9. The second-order valence-electron chi connectivity index (χ2n) is 4.99. The molecule has 0 aliphatic carbocycles. The van der Waals surface area contributed by atoms with Gasteiger partial charge in [-0.05, 0) is 30.7 Å². The molecule has 23 heavy (non-hydrogen) atoms. The Morgan fingerprint density at radius 3 is 2.57 bits per heavy atom. The number of aromatic amines is 1. The van der Waals surface area contributed by atoms with E-state index in [-0.39, 0.29) is 11.2 Å². The van der Waals surface area contributed by atoms with E-state index in [2.05, 4.69) is 15.2 Å². The largest absolute Gasteiger partial charge is 0.477 e. The van der Waals surface area contributed by atoms with E-state index >= 15 is 0 Å². The van der Waals surface area contributed by atoms with Gasteiger partial charge in [-0.1, -0.05) is 6.07 Å². The van der Waals surface area contributed by atoms with Gasteiger partial charge in [0.1, 0.15) is 5.69 Å². The van der Waals surface area contributed by atoms with Crippen LogP contribution in [0.4, 0.5) is 13.2 Å². The normalized spacial score (nSPS) is 11.8. The molecule has 2 aromatic heterocycles. The summed E-state index contributed by atoms with van der Waals surface area (Å²) in [5.74, 6) is -1.20. The second kappa shape index (κ2) is 5.08. The van der Waals surface area contributed by atoms with E-state index in [0.717, 1.165) is 12.1 Å². The van der Waals surface area contributed by atoms with Gasteiger partial charge in [0.05, 0.1) is 17.3 Å². The lowest BCUT2D eigenvalue weighted by Gasteiger charge is -2.12. The van der Waals surface area contributed by atoms with Crippen molar-refractivity contribution >= 4 is 16.9 Å². The zero-order valence-electron chi connectivity index (χ0n) is 11.8. The molecule has 2 heterocycles. The molecule has 3 rings (SSSR count). The highest BCUT2D eigenvalue weighted by molar-refractivity contribution is 5.96. The SMILES string of the molecule is Cc1nc(C(=O)O)ccc1-c1cc(C(F)(F)F)cc2[nH]ncc12. The van der Waals surface area contributed by atoms with Crippen molar-refractivity contribution in [3.05, 3.63) is 47.4 Å². The van der Waals surface area contributed by atoms with Crippen molar-refractivity contribution in [3.63, 3.8) is 0 Å². The van der Waals surface area contributed by atoms with E-state index in [1.54, 1.807) is 6.92 Å². The first kappa shape index (κ1) is 15.0. The molecule has 0 saturated carbocycles. The van der Waals surface area contributed by atoms with Gasteiger partial charge in [-0.15, -0.1) is 0 Å². The van der Waals surface area contributed by atoms with Gasteiger partial charge in [-0.3, -0.25) is 5.10 Å². The number of aryl methyl sites for hydroxylation is 1. The Kier molecular flexibility index (Phi) is 3.32. The van der Waals surface area contributed by atoms with Gasteiger partial charge in [0.15, 0.2) is 0 Å². The molecule has 0 bridgehead atoms. The number of hydrogen-bond donors (Lipinski definition) is 2. The van der Waals surface area contributed by atoms with E-state index in [1.165, 1.54) is 18.3 Å². The lowest BCUT2D eigenvalue weighted by atomic mass is 9.97. The van der Waals surface area contributed by atoms with Crippen LogP contribution in [0.1, 0.15) is 21.7 Å². The Balaban J connectivity index is 2.27. The molecule has 1 aromatic carbocycles. The molecule has 0 aliphatic heterocycles. The van der Waals surface area contributed by atoms with Gasteiger partial charge < -0.3 is 5.11 Å². The number of hydrogen-bond acceptors (Lipinski definition) is 3. The molecule has 2 N–H and O–H groups in total. The number of halogens is 3. The summed E-state index contributed by atoms with van der Waals surface area (Å²) in [7, 11) is 0. The lowest BCUT2D eigenvalue weighted by molar-refractivity contribution is -0.137. The summed E-state index contributed by atoms with van der Waals surface area (Å²) in [5.41, 5.74) is 0.314. The van der Waals surface area contributed by atoms with Gasteiger partial charge in [0.2, 0.25) is 0 Å². The van der Waals surface area contributed by atoms with Gasteiger partial charge in [0, 0.05) is 16.6 Å². The maximum atomic E-state index is 13.1. The summed E-state index contributed by atoms with van der Waals surface area (Å²) < 4.78 is 39.2. The average Bonchev–Trinajstić information content (AvgIpc) is 2.93. The van der Waals surface area contributed by atoms with Gasteiger partial charge in [-0.25, -0.2) is 9.78 Å². The number of nitrogens with one attached hydrogen (secondary N) is 1. The summed E-state index contributed by atoms with van der Waals surface area (Å²) in [6, 6.07) is 4.72. The zero-order chi connectivity index (χ0) is 16.8. The Hall–Kier alpha value is -2.90. The van der Waals surface area contributed by atoms with Crippen molar-refractivity contribution < 1.29 is 23.1 Å². The highest BCUT2D eigenvalue weighted by Crippen LogP contribution is 2.37. The minimum Gasteiger partial charge on any atom is -0.477 e. The quantitative estimate of drug-likeness (QED) is 0.755. The summed E-state index contributed by atoms with van der Waals surface area (Å²) >= 11 is 0. The number of aromatic nitrogens is 3. The molecule has 3 aromatic rings. The Morgan fingerprint density at radius 2 is 1.96 bits per heavy atom. The highest BCUT2D eigenvalue weighted by Gasteiger charge is 2.32. The number of H-pyrrole nitrogens is 1. The van der Waals surface area contributed by atoms with E-state index in [1.807, 2.05) is 0 Å². The van der Waals surface area contributed by atoms with Crippen molar-refractivity contribution in [3.8, 4) is 11.1 Å². The highest BCUT2D eigenvalue weighted by atomic mass is 19.4. The Morgan fingerprint density at radius 1 is 1.22 bits per heavy atom. The average molecular weight is 321 g/mol. The Bertz CT molecular complexity index is 916. The van der Waals surface area contributed by atoms with E-state index < -0.39 is 17.7 Å². The molecule has 0 unspecified atom stereocenters. The van der Waals surface area contributed by atoms with Crippen molar-refractivity contribution in [1.82, 2.24) is 15.2 Å². The lowest BCUT2D eigenvalue weighted by Crippen LogP contribution is -2.06. The number of carbonyl (C=O) groups is 1. The van der Waals surface area contributed by atoms with Gasteiger partial charge >= 0.3 is 12.1 Å². The molecule has 0 atom stereocenters. The molecular formula is C15H10F3N3O2. The van der Waals surface area contributed by atoms with Crippen molar-refractivity contribution in [1.29, 1.82) is 0 Å². The molecule has 0 amide bonds. The molecule has 0 saturated heterocycles. The molecule has 5 nitrogen and oxygen atoms in total. The summed E-state index contributed by atoms with van der Waals surface area (Å²) in [5, 5.41) is 15.7. The number of rotatable bonds is 2. The van der Waals surface area contributed by atoms with Crippen molar-refractivity contribution in [2.75, 3.05) is 0 Å².